The van der Waals surface area contributed by atoms with Gasteiger partial charge >= 0.3 is 12.1 Å². The van der Waals surface area contributed by atoms with E-state index in [0.717, 1.165) is 12.8 Å². The predicted molar refractivity (Wildman–Crippen MR) is 110 cm³/mol. The number of ether oxygens (including phenoxy) is 4. The molecule has 0 unspecified atom stereocenters. The lowest BCUT2D eigenvalue weighted by Crippen LogP contribution is -2.32. The summed E-state index contributed by atoms with van der Waals surface area (Å²) in [5.74, 6) is 1.03. The van der Waals surface area contributed by atoms with Crippen LogP contribution in [-0.4, -0.2) is 36.4 Å². The number of esters is 1. The maximum Gasteiger partial charge on any atom is 0.407 e. The molecule has 1 aliphatic rings. The van der Waals surface area contributed by atoms with Crippen LogP contribution >= 0.6 is 0 Å². The Bertz CT molecular complexity index is 942. The van der Waals surface area contributed by atoms with Gasteiger partial charge in [-0.1, -0.05) is 0 Å². The maximum atomic E-state index is 12.4. The molecule has 0 aliphatic heterocycles. The number of oxazole rings is 1. The van der Waals surface area contributed by atoms with Crippen LogP contribution in [-0.2, 0) is 11.3 Å². The number of methoxy groups -OCH3 is 1. The molecular weight excluding hydrogens is 404 g/mol. The lowest BCUT2D eigenvalue weighted by molar-refractivity contribution is 0.0523. The molecule has 0 bridgehead atoms. The van der Waals surface area contributed by atoms with Gasteiger partial charge in [-0.25, -0.2) is 14.6 Å². The van der Waals surface area contributed by atoms with Crippen molar-refractivity contribution in [3.63, 3.8) is 0 Å². The quantitative estimate of drug-likeness (QED) is 0.492. The first kappa shape index (κ1) is 22.5. The minimum atomic E-state index is -0.671. The molecule has 0 saturated heterocycles. The van der Waals surface area contributed by atoms with Crippen molar-refractivity contribution in [3.05, 3.63) is 35.5 Å². The van der Waals surface area contributed by atoms with Crippen molar-refractivity contribution in [1.29, 1.82) is 0 Å². The number of alkyl carbamates (subject to hydrolysis) is 1. The molecule has 1 aliphatic carbocycles. The van der Waals surface area contributed by atoms with Crippen molar-refractivity contribution < 1.29 is 33.0 Å². The van der Waals surface area contributed by atoms with E-state index in [-0.39, 0.29) is 18.0 Å². The Morgan fingerprint density at radius 1 is 1.23 bits per heavy atom. The number of benzene rings is 1. The smallest absolute Gasteiger partial charge is 0.407 e. The molecule has 0 spiro atoms. The molecule has 1 fully saturated rings. The highest BCUT2D eigenvalue weighted by Gasteiger charge is 2.26. The van der Waals surface area contributed by atoms with E-state index in [4.69, 9.17) is 23.4 Å². The van der Waals surface area contributed by atoms with E-state index in [1.807, 2.05) is 0 Å². The predicted octanol–water partition coefficient (Wildman–Crippen LogP) is 4.02. The van der Waals surface area contributed by atoms with Crippen LogP contribution in [0.2, 0.25) is 0 Å². The minimum absolute atomic E-state index is 0.0558. The maximum absolute atomic E-state index is 12.4. The van der Waals surface area contributed by atoms with Gasteiger partial charge in [0.1, 0.15) is 11.9 Å². The van der Waals surface area contributed by atoms with Gasteiger partial charge in [-0.05, 0) is 51.7 Å². The van der Waals surface area contributed by atoms with Gasteiger partial charge in [-0.2, -0.15) is 0 Å². The second kappa shape index (κ2) is 9.28. The van der Waals surface area contributed by atoms with Crippen molar-refractivity contribution in [3.8, 4) is 17.2 Å². The van der Waals surface area contributed by atoms with E-state index in [0.29, 0.717) is 35.5 Å². The van der Waals surface area contributed by atoms with E-state index in [1.54, 1.807) is 39.8 Å². The number of amides is 1. The topological polar surface area (TPSA) is 109 Å². The lowest BCUT2D eigenvalue weighted by Gasteiger charge is -2.21. The van der Waals surface area contributed by atoms with Crippen LogP contribution in [0.5, 0.6) is 17.2 Å². The van der Waals surface area contributed by atoms with Gasteiger partial charge < -0.3 is 28.7 Å². The molecule has 1 N–H and O–H groups in total. The van der Waals surface area contributed by atoms with Gasteiger partial charge in [-0.15, -0.1) is 0 Å². The third-order valence-electron chi connectivity index (χ3n) is 4.37. The third kappa shape index (κ3) is 6.37. The van der Waals surface area contributed by atoms with E-state index >= 15 is 0 Å². The zero-order valence-corrected chi connectivity index (χ0v) is 18.4. The molecule has 2 aromatic rings. The highest BCUT2D eigenvalue weighted by atomic mass is 16.6. The Labute approximate surface area is 181 Å². The highest BCUT2D eigenvalue weighted by Crippen LogP contribution is 2.42. The molecule has 1 aromatic heterocycles. The zero-order chi connectivity index (χ0) is 22.6. The molecule has 9 nitrogen and oxygen atoms in total. The fraction of sp³-hybridized carbons (Fsp3) is 0.500. The Morgan fingerprint density at radius 2 is 1.97 bits per heavy atom. The molecule has 1 aromatic carbocycles. The third-order valence-corrected chi connectivity index (χ3v) is 4.37. The van der Waals surface area contributed by atoms with Crippen molar-refractivity contribution in [2.75, 3.05) is 13.7 Å². The van der Waals surface area contributed by atoms with E-state index in [1.165, 1.54) is 13.4 Å². The van der Waals surface area contributed by atoms with Gasteiger partial charge in [0.05, 0.1) is 13.7 Å². The summed E-state index contributed by atoms with van der Waals surface area (Å²) in [5.41, 5.74) is 0.0982. The summed E-state index contributed by atoms with van der Waals surface area (Å²) in [6.45, 7) is 7.63. The molecule has 1 heterocycles. The van der Waals surface area contributed by atoms with Crippen molar-refractivity contribution in [2.45, 2.75) is 52.7 Å². The Hall–Kier alpha value is -3.23. The van der Waals surface area contributed by atoms with Gasteiger partial charge in [0, 0.05) is 19.0 Å². The zero-order valence-electron chi connectivity index (χ0n) is 18.4. The van der Waals surface area contributed by atoms with Crippen LogP contribution in [0.25, 0.3) is 0 Å². The van der Waals surface area contributed by atoms with Gasteiger partial charge in [-0.3, -0.25) is 0 Å². The number of aromatic nitrogens is 1. The average molecular weight is 432 g/mol. The van der Waals surface area contributed by atoms with E-state index in [2.05, 4.69) is 10.3 Å². The number of carbonyl (C=O) groups is 2. The van der Waals surface area contributed by atoms with Crippen LogP contribution in [0.1, 0.15) is 55.6 Å². The van der Waals surface area contributed by atoms with Crippen LogP contribution < -0.4 is 19.5 Å². The molecule has 9 heteroatoms. The van der Waals surface area contributed by atoms with Crippen LogP contribution in [0.4, 0.5) is 4.79 Å². The lowest BCUT2D eigenvalue weighted by atomic mass is 10.1. The van der Waals surface area contributed by atoms with E-state index < -0.39 is 17.7 Å². The number of nitrogens with zero attached hydrogens (tertiary/aromatic N) is 1. The minimum Gasteiger partial charge on any atom is -0.492 e. The first-order valence-corrected chi connectivity index (χ1v) is 10.1. The van der Waals surface area contributed by atoms with Gasteiger partial charge in [0.25, 0.3) is 0 Å². The van der Waals surface area contributed by atoms with Crippen molar-refractivity contribution in [1.82, 2.24) is 10.3 Å². The van der Waals surface area contributed by atoms with Crippen LogP contribution in [0, 0.1) is 12.8 Å². The average Bonchev–Trinajstić information content (AvgIpc) is 3.42. The highest BCUT2D eigenvalue weighted by molar-refractivity contribution is 5.89. The van der Waals surface area contributed by atoms with Crippen LogP contribution in [0.3, 0.4) is 0 Å². The first-order valence-electron chi connectivity index (χ1n) is 10.1. The molecule has 3 rings (SSSR count). The number of aryl methyl sites for hydroxylation is 1. The molecule has 168 valence electrons. The molecule has 31 heavy (non-hydrogen) atoms. The van der Waals surface area contributed by atoms with Crippen molar-refractivity contribution in [2.24, 2.45) is 5.92 Å². The Balaban J connectivity index is 1.81. The fourth-order valence-corrected chi connectivity index (χ4v) is 2.74. The van der Waals surface area contributed by atoms with Crippen LogP contribution in [0.15, 0.2) is 22.8 Å². The second-order valence-corrected chi connectivity index (χ2v) is 8.34. The normalized spacial score (nSPS) is 13.5. The summed E-state index contributed by atoms with van der Waals surface area (Å²) in [6.07, 6.45) is 2.87. The monoisotopic (exact) mass is 432 g/mol. The summed E-state index contributed by atoms with van der Waals surface area (Å²) in [5, 5.41) is 2.70. The summed E-state index contributed by atoms with van der Waals surface area (Å²) in [4.78, 5) is 28.5. The fourth-order valence-electron chi connectivity index (χ4n) is 2.74. The molecule has 1 amide bonds. The summed E-state index contributed by atoms with van der Waals surface area (Å²) in [6, 6.07) is 3.29. The summed E-state index contributed by atoms with van der Waals surface area (Å²) < 4.78 is 27.4. The number of nitrogens with one attached hydrogen (secondary N) is 1. The van der Waals surface area contributed by atoms with Gasteiger partial charge in [0.15, 0.2) is 23.1 Å². The summed E-state index contributed by atoms with van der Waals surface area (Å²) in [7, 11) is 1.49. The largest absolute Gasteiger partial charge is 0.492 e. The number of hydrogen-bond acceptors (Lipinski definition) is 8. The number of rotatable bonds is 8. The molecular formula is C22H28N2O7. The Morgan fingerprint density at radius 3 is 2.55 bits per heavy atom. The molecule has 0 radical (unpaired) electrons. The first-order chi connectivity index (χ1) is 14.7. The number of carbonyl (C=O) groups excluding carboxylic acids is 2. The standard InChI is InChI=1S/C22H28N2O7/c1-13-24-16(12-28-13)20(25)30-17-9-8-15(10-23-21(26)31-22(2,3)4)18(27-5)19(17)29-11-14-6-7-14/h8-9,12,14H,6-7,10-11H2,1-5H3,(H,23,26). The number of hydrogen-bond donors (Lipinski definition) is 1. The Kier molecular flexibility index (Phi) is 6.72. The van der Waals surface area contributed by atoms with Gasteiger partial charge in [0.2, 0.25) is 5.75 Å². The van der Waals surface area contributed by atoms with Crippen molar-refractivity contribution >= 4 is 12.1 Å². The molecule has 0 atom stereocenters. The van der Waals surface area contributed by atoms with E-state index in [9.17, 15) is 9.59 Å². The summed E-state index contributed by atoms with van der Waals surface area (Å²) >= 11 is 0. The SMILES string of the molecule is COc1c(CNC(=O)OC(C)(C)C)ccc(OC(=O)c2coc(C)n2)c1OCC1CC1. The second-order valence-electron chi connectivity index (χ2n) is 8.34. The molecule has 1 saturated carbocycles.